The molecule has 16 heavy (non-hydrogen) atoms. The molecule has 0 aliphatic heterocycles. The van der Waals surface area contributed by atoms with Crippen LogP contribution in [-0.4, -0.2) is 15.0 Å². The van der Waals surface area contributed by atoms with Gasteiger partial charge in [0.15, 0.2) is 0 Å². The van der Waals surface area contributed by atoms with Gasteiger partial charge in [-0.05, 0) is 10.2 Å². The predicted molar refractivity (Wildman–Crippen MR) is 69.2 cm³/mol. The van der Waals surface area contributed by atoms with E-state index < -0.39 is 9.04 Å². The Morgan fingerprint density at radius 1 is 1.31 bits per heavy atom. The molecule has 0 saturated heterocycles. The Balaban J connectivity index is 2.97. The summed E-state index contributed by atoms with van der Waals surface area (Å²) in [5.74, 6) is -0.324. The molecule has 0 N–H and O–H groups in total. The van der Waals surface area contributed by atoms with Crippen molar-refractivity contribution < 1.29 is 9.22 Å². The maximum absolute atomic E-state index is 11.3. The lowest BCUT2D eigenvalue weighted by atomic mass is 10.2. The Morgan fingerprint density at radius 3 is 2.31 bits per heavy atom. The van der Waals surface area contributed by atoms with Crippen molar-refractivity contribution >= 4 is 20.2 Å². The second-order valence-corrected chi connectivity index (χ2v) is 8.19. The van der Waals surface area contributed by atoms with E-state index in [1.807, 2.05) is 30.3 Å². The van der Waals surface area contributed by atoms with Crippen molar-refractivity contribution in [2.75, 3.05) is 0 Å². The van der Waals surface area contributed by atoms with Gasteiger partial charge in [0.2, 0.25) is 0 Å². The van der Waals surface area contributed by atoms with Gasteiger partial charge in [0.1, 0.15) is 0 Å². The molecule has 2 nitrogen and oxygen atoms in total. The second kappa shape index (κ2) is 5.12. The van der Waals surface area contributed by atoms with Crippen molar-refractivity contribution in [3.8, 4) is 0 Å². The Bertz CT molecular complexity index is 365. The molecule has 1 aromatic carbocycles. The molecule has 0 radical (unpaired) electrons. The third kappa shape index (κ3) is 3.34. The molecule has 0 saturated carbocycles. The van der Waals surface area contributed by atoms with E-state index in [9.17, 15) is 4.79 Å². The normalized spacial score (nSPS) is 12.9. The maximum Gasteiger partial charge on any atom is 0.316 e. The molecule has 3 heteroatoms. The fraction of sp³-hybridized carbons (Fsp3) is 0.308. The zero-order valence-electron chi connectivity index (χ0n) is 10.1. The highest BCUT2D eigenvalue weighted by atomic mass is 28.3. The lowest BCUT2D eigenvalue weighted by Crippen LogP contribution is -2.42. The van der Waals surface area contributed by atoms with Crippen molar-refractivity contribution in [3.63, 3.8) is 0 Å². The molecule has 86 valence electrons. The standard InChI is InChI=1S/C13H18O2Si/c1-5-12(14)15-16(13(2,3)4)11-9-7-6-8-10-11/h5-10,16H,1H2,2-4H3. The van der Waals surface area contributed by atoms with Gasteiger partial charge in [0.05, 0.1) is 0 Å². The molecular weight excluding hydrogens is 216 g/mol. The van der Waals surface area contributed by atoms with E-state index in [0.29, 0.717) is 0 Å². The highest BCUT2D eigenvalue weighted by Crippen LogP contribution is 2.27. The average Bonchev–Trinajstić information content (AvgIpc) is 2.25. The van der Waals surface area contributed by atoms with E-state index in [-0.39, 0.29) is 11.0 Å². The van der Waals surface area contributed by atoms with E-state index in [0.717, 1.165) is 5.19 Å². The van der Waals surface area contributed by atoms with Crippen LogP contribution in [0, 0.1) is 0 Å². The van der Waals surface area contributed by atoms with Crippen molar-refractivity contribution in [2.24, 2.45) is 0 Å². The van der Waals surface area contributed by atoms with E-state index in [1.54, 1.807) is 0 Å². The summed E-state index contributed by atoms with van der Waals surface area (Å²) in [6.07, 6.45) is 1.23. The SMILES string of the molecule is C=CC(=O)O[SiH](c1ccccc1)C(C)(C)C. The van der Waals surface area contributed by atoms with Crippen LogP contribution < -0.4 is 5.19 Å². The molecule has 0 bridgehead atoms. The Kier molecular flexibility index (Phi) is 4.07. The minimum atomic E-state index is -1.78. The van der Waals surface area contributed by atoms with Gasteiger partial charge in [0.25, 0.3) is 9.04 Å². The molecule has 0 aliphatic rings. The summed E-state index contributed by atoms with van der Waals surface area (Å²) in [5, 5.41) is 1.14. The fourth-order valence-corrected chi connectivity index (χ4v) is 3.93. The molecule has 0 aliphatic carbocycles. The minimum absolute atomic E-state index is 0.0000231. The summed E-state index contributed by atoms with van der Waals surface area (Å²) in [4.78, 5) is 11.3. The van der Waals surface area contributed by atoms with Gasteiger partial charge < -0.3 is 4.43 Å². The van der Waals surface area contributed by atoms with Crippen LogP contribution in [0.3, 0.4) is 0 Å². The number of rotatable bonds is 3. The van der Waals surface area contributed by atoms with Gasteiger partial charge in [-0.1, -0.05) is 57.7 Å². The summed E-state index contributed by atoms with van der Waals surface area (Å²) in [7, 11) is -1.78. The van der Waals surface area contributed by atoms with Crippen molar-refractivity contribution in [3.05, 3.63) is 43.0 Å². The van der Waals surface area contributed by atoms with Crippen molar-refractivity contribution in [1.29, 1.82) is 0 Å². The fourth-order valence-electron chi connectivity index (χ4n) is 1.54. The van der Waals surface area contributed by atoms with Crippen LogP contribution in [0.2, 0.25) is 5.04 Å². The van der Waals surface area contributed by atoms with Gasteiger partial charge in [-0.2, -0.15) is 0 Å². The molecule has 0 aromatic heterocycles. The Labute approximate surface area is 98.7 Å². The summed E-state index contributed by atoms with van der Waals surface area (Å²) in [5.41, 5.74) is 0. The zero-order chi connectivity index (χ0) is 12.2. The van der Waals surface area contributed by atoms with Gasteiger partial charge in [-0.3, -0.25) is 0 Å². The third-order valence-electron chi connectivity index (χ3n) is 2.29. The monoisotopic (exact) mass is 234 g/mol. The lowest BCUT2D eigenvalue weighted by Gasteiger charge is -2.28. The summed E-state index contributed by atoms with van der Waals surface area (Å²) in [6, 6.07) is 9.97. The number of benzene rings is 1. The van der Waals surface area contributed by atoms with Gasteiger partial charge in [-0.15, -0.1) is 0 Å². The molecule has 0 fully saturated rings. The lowest BCUT2D eigenvalue weighted by molar-refractivity contribution is -0.129. The predicted octanol–water partition coefficient (Wildman–Crippen LogP) is 2.15. The summed E-state index contributed by atoms with van der Waals surface area (Å²) < 4.78 is 5.53. The first-order valence-electron chi connectivity index (χ1n) is 5.33. The van der Waals surface area contributed by atoms with Gasteiger partial charge >= 0.3 is 5.97 Å². The van der Waals surface area contributed by atoms with Crippen LogP contribution in [0.5, 0.6) is 0 Å². The van der Waals surface area contributed by atoms with Crippen LogP contribution in [-0.2, 0) is 9.22 Å². The minimum Gasteiger partial charge on any atom is -0.514 e. The van der Waals surface area contributed by atoms with Crippen LogP contribution in [0.15, 0.2) is 43.0 Å². The first-order chi connectivity index (χ1) is 7.45. The molecule has 0 heterocycles. The molecule has 1 atom stereocenters. The summed E-state index contributed by atoms with van der Waals surface area (Å²) in [6.45, 7) is 9.75. The molecular formula is C13H18O2Si. The molecule has 0 spiro atoms. The molecule has 1 unspecified atom stereocenters. The highest BCUT2D eigenvalue weighted by Gasteiger charge is 2.32. The van der Waals surface area contributed by atoms with Crippen LogP contribution in [0.25, 0.3) is 0 Å². The average molecular weight is 234 g/mol. The third-order valence-corrected chi connectivity index (χ3v) is 5.32. The first-order valence-corrected chi connectivity index (χ1v) is 6.96. The molecule has 1 aromatic rings. The number of hydrogen-bond acceptors (Lipinski definition) is 2. The van der Waals surface area contributed by atoms with Gasteiger partial charge in [0, 0.05) is 6.08 Å². The maximum atomic E-state index is 11.3. The Hall–Kier alpha value is -1.35. The van der Waals surface area contributed by atoms with E-state index in [4.69, 9.17) is 4.43 Å². The quantitative estimate of drug-likeness (QED) is 0.592. The van der Waals surface area contributed by atoms with Crippen LogP contribution >= 0.6 is 0 Å². The second-order valence-electron chi connectivity index (χ2n) is 4.80. The largest absolute Gasteiger partial charge is 0.514 e. The number of carbonyl (C=O) groups excluding carboxylic acids is 1. The van der Waals surface area contributed by atoms with E-state index >= 15 is 0 Å². The first kappa shape index (κ1) is 12.7. The van der Waals surface area contributed by atoms with Crippen molar-refractivity contribution in [1.82, 2.24) is 0 Å². The molecule has 0 amide bonds. The summed E-state index contributed by atoms with van der Waals surface area (Å²) >= 11 is 0. The topological polar surface area (TPSA) is 26.3 Å². The van der Waals surface area contributed by atoms with Gasteiger partial charge in [-0.25, -0.2) is 4.79 Å². The van der Waals surface area contributed by atoms with E-state index in [2.05, 4.69) is 27.4 Å². The number of hydrogen-bond donors (Lipinski definition) is 0. The van der Waals surface area contributed by atoms with E-state index in [1.165, 1.54) is 6.08 Å². The highest BCUT2D eigenvalue weighted by molar-refractivity contribution is 6.71. The van der Waals surface area contributed by atoms with Crippen molar-refractivity contribution in [2.45, 2.75) is 25.8 Å². The zero-order valence-corrected chi connectivity index (χ0v) is 11.2. The smallest absolute Gasteiger partial charge is 0.316 e. The van der Waals surface area contributed by atoms with Crippen LogP contribution in [0.1, 0.15) is 20.8 Å². The molecule has 1 rings (SSSR count). The number of carbonyl (C=O) groups is 1. The van der Waals surface area contributed by atoms with Crippen LogP contribution in [0.4, 0.5) is 0 Å². The Morgan fingerprint density at radius 2 is 1.88 bits per heavy atom.